The lowest BCUT2D eigenvalue weighted by molar-refractivity contribution is -0.397. The van der Waals surface area contributed by atoms with E-state index in [4.69, 9.17) is 47.4 Å². The molecule has 86 heavy (non-hydrogen) atoms. The molecule has 28 heteroatoms. The van der Waals surface area contributed by atoms with Crippen LogP contribution >= 0.6 is 0 Å². The summed E-state index contributed by atoms with van der Waals surface area (Å²) in [6, 6.07) is 0. The highest BCUT2D eigenvalue weighted by Gasteiger charge is 2.71. The van der Waals surface area contributed by atoms with Crippen molar-refractivity contribution < 1.29 is 139 Å². The topological polar surface area (TPSA) is 453 Å². The lowest BCUT2D eigenvalue weighted by Crippen LogP contribution is -2.69. The first-order valence-electron chi connectivity index (χ1n) is 30.4. The number of hydrogen-bond acceptors (Lipinski definition) is 27. The van der Waals surface area contributed by atoms with E-state index in [2.05, 4.69) is 33.8 Å². The van der Waals surface area contributed by atoms with Gasteiger partial charge in [-0.1, -0.05) is 60.1 Å². The molecule has 0 aromatic carbocycles. The zero-order chi connectivity index (χ0) is 62.9. The van der Waals surface area contributed by atoms with Crippen molar-refractivity contribution in [2.45, 2.75) is 259 Å². The Labute approximate surface area is 498 Å². The Balaban J connectivity index is 0.894. The molecule has 0 amide bonds. The Kier molecular flexibility index (Phi) is 19.2. The number of ether oxygens (including phenoxy) is 10. The molecule has 17 N–H and O–H groups in total. The van der Waals surface area contributed by atoms with Crippen LogP contribution in [-0.4, -0.2) is 285 Å². The standard InChI is InChI=1S/C58H94O28/c1-53(2)16-23-22-8-9-29-55(4)12-11-30(81-52-44(37(70)36(69)42(83-52)47(75)76)85-51-43(35(68)33(66)27(18-60)80-51)84-50-39(72)34(67)32(65)26(17-59)79-50)56(5,21-61)28(55)10-13-58(29,7)57(22,6)15-14-54(23,3)46(45(53)74)86-49-40(73)41(25(63)20-78-49)82-48-38(71)31(64)24(62)19-77-48/h8,23-46,48-52,59-74H,9-21H2,1-7H3,(H,75,76)/t23-,24-,25+,26-,27-,28+,29-,30-,31+,32-,33+,34+,35+,36+,37+,38-,39-,40-,41+,42+,43-,44-,45+,46-,48+,49+,50+,51+,52-,54-,55+,56-,57-,58-/m1/s1. The van der Waals surface area contributed by atoms with E-state index < -0.39 is 212 Å². The van der Waals surface area contributed by atoms with Gasteiger partial charge >= 0.3 is 5.97 Å². The van der Waals surface area contributed by atoms with Crippen LogP contribution < -0.4 is 0 Å². The molecule has 9 fully saturated rings. The van der Waals surface area contributed by atoms with Gasteiger partial charge in [0.25, 0.3) is 0 Å². The normalized spacial score (nSPS) is 55.7. The molecular formula is C58H94O28. The summed E-state index contributed by atoms with van der Waals surface area (Å²) in [7, 11) is 0. The second-order valence-corrected chi connectivity index (χ2v) is 28.3. The first-order valence-corrected chi connectivity index (χ1v) is 30.4. The number of carbonyl (C=O) groups is 1. The molecule has 5 heterocycles. The van der Waals surface area contributed by atoms with Gasteiger partial charge in [0.15, 0.2) is 37.6 Å². The van der Waals surface area contributed by atoms with Crippen molar-refractivity contribution in [2.24, 2.45) is 50.2 Å². The first-order chi connectivity index (χ1) is 40.3. The van der Waals surface area contributed by atoms with E-state index in [-0.39, 0.29) is 42.8 Å². The maximum absolute atomic E-state index is 12.6. The van der Waals surface area contributed by atoms with E-state index in [0.29, 0.717) is 44.9 Å². The molecule has 5 aliphatic heterocycles. The molecule has 0 aromatic rings. The lowest BCUT2D eigenvalue weighted by atomic mass is 9.33. The average molecular weight is 1240 g/mol. The number of fused-ring (bicyclic) bond motifs is 7. The molecular weight excluding hydrogens is 1140 g/mol. The van der Waals surface area contributed by atoms with Crippen LogP contribution in [0.2, 0.25) is 0 Å². The van der Waals surface area contributed by atoms with Crippen LogP contribution in [0, 0.1) is 50.2 Å². The van der Waals surface area contributed by atoms with Gasteiger partial charge in [-0.25, -0.2) is 4.79 Å². The largest absolute Gasteiger partial charge is 0.479 e. The third kappa shape index (κ3) is 10.9. The van der Waals surface area contributed by atoms with Gasteiger partial charge in [0.1, 0.15) is 104 Å². The predicted octanol–water partition coefficient (Wildman–Crippen LogP) is -4.43. The van der Waals surface area contributed by atoms with Gasteiger partial charge in [0.2, 0.25) is 0 Å². The van der Waals surface area contributed by atoms with E-state index in [0.717, 1.165) is 0 Å². The summed E-state index contributed by atoms with van der Waals surface area (Å²) >= 11 is 0. The molecule has 0 bridgehead atoms. The van der Waals surface area contributed by atoms with E-state index in [1.807, 2.05) is 20.8 Å². The number of rotatable bonds is 14. The van der Waals surface area contributed by atoms with Gasteiger partial charge in [-0.2, -0.15) is 0 Å². The molecule has 494 valence electrons. The van der Waals surface area contributed by atoms with E-state index in [9.17, 15) is 91.6 Å². The Morgan fingerprint density at radius 1 is 0.535 bits per heavy atom. The summed E-state index contributed by atoms with van der Waals surface area (Å²) in [5.41, 5.74) is -2.43. The Morgan fingerprint density at radius 3 is 1.72 bits per heavy atom. The quantitative estimate of drug-likeness (QED) is 0.0576. The second-order valence-electron chi connectivity index (χ2n) is 28.3. The summed E-state index contributed by atoms with van der Waals surface area (Å²) in [5.74, 6) is -1.99. The Morgan fingerprint density at radius 2 is 1.09 bits per heavy atom. The maximum atomic E-state index is 12.6. The van der Waals surface area contributed by atoms with Crippen molar-refractivity contribution in [1.29, 1.82) is 0 Å². The molecule has 34 atom stereocenters. The number of aliphatic carboxylic acids is 1. The molecule has 0 radical (unpaired) electrons. The van der Waals surface area contributed by atoms with E-state index >= 15 is 0 Å². The van der Waals surface area contributed by atoms with Crippen molar-refractivity contribution in [3.05, 3.63) is 11.6 Å². The van der Waals surface area contributed by atoms with Gasteiger partial charge in [0.05, 0.1) is 51.3 Å². The van der Waals surface area contributed by atoms with Gasteiger partial charge < -0.3 is 134 Å². The third-order valence-electron chi connectivity index (χ3n) is 23.2. The molecule has 5 saturated heterocycles. The lowest BCUT2D eigenvalue weighted by Gasteiger charge is -2.72. The van der Waals surface area contributed by atoms with Crippen LogP contribution in [0.4, 0.5) is 0 Å². The van der Waals surface area contributed by atoms with Crippen molar-refractivity contribution in [1.82, 2.24) is 0 Å². The molecule has 5 aliphatic carbocycles. The molecule has 0 spiro atoms. The summed E-state index contributed by atoms with van der Waals surface area (Å²) < 4.78 is 60.1. The Bertz CT molecular complexity index is 2410. The van der Waals surface area contributed by atoms with Gasteiger partial charge in [-0.05, 0) is 90.8 Å². The second kappa shape index (κ2) is 24.6. The van der Waals surface area contributed by atoms with Crippen molar-refractivity contribution in [3.63, 3.8) is 0 Å². The van der Waals surface area contributed by atoms with E-state index in [1.165, 1.54) is 5.57 Å². The van der Waals surface area contributed by atoms with Gasteiger partial charge in [-0.3, -0.25) is 0 Å². The number of aliphatic hydroxyl groups is 16. The van der Waals surface area contributed by atoms with Crippen LogP contribution in [0.15, 0.2) is 11.6 Å². The summed E-state index contributed by atoms with van der Waals surface area (Å²) in [5, 5.41) is 185. The van der Waals surface area contributed by atoms with Crippen LogP contribution in [0.5, 0.6) is 0 Å². The van der Waals surface area contributed by atoms with Crippen molar-refractivity contribution in [3.8, 4) is 0 Å². The maximum Gasteiger partial charge on any atom is 0.335 e. The minimum Gasteiger partial charge on any atom is -0.479 e. The van der Waals surface area contributed by atoms with Crippen LogP contribution in [0.25, 0.3) is 0 Å². The number of carboxylic acid groups (broad SMARTS) is 1. The number of aliphatic hydroxyl groups excluding tert-OH is 16. The highest BCUT2D eigenvalue weighted by molar-refractivity contribution is 5.73. The fourth-order valence-electron chi connectivity index (χ4n) is 17.6. The molecule has 28 nitrogen and oxygen atoms in total. The summed E-state index contributed by atoms with van der Waals surface area (Å²) in [6.45, 7) is 12.0. The zero-order valence-electron chi connectivity index (χ0n) is 49.6. The fraction of sp³-hybridized carbons (Fsp3) is 0.948. The minimum atomic E-state index is -2.16. The highest BCUT2D eigenvalue weighted by Crippen LogP contribution is 2.76. The number of hydrogen-bond donors (Lipinski definition) is 17. The molecule has 4 saturated carbocycles. The van der Waals surface area contributed by atoms with Crippen molar-refractivity contribution >= 4 is 5.97 Å². The average Bonchev–Trinajstić information content (AvgIpc) is 0.730. The van der Waals surface area contributed by atoms with Crippen molar-refractivity contribution in [2.75, 3.05) is 33.0 Å². The molecule has 10 aliphatic rings. The van der Waals surface area contributed by atoms with E-state index in [1.54, 1.807) is 0 Å². The first kappa shape index (κ1) is 67.1. The zero-order valence-corrected chi connectivity index (χ0v) is 49.6. The summed E-state index contributed by atoms with van der Waals surface area (Å²) in [4.78, 5) is 12.6. The summed E-state index contributed by atoms with van der Waals surface area (Å²) in [6.07, 6.45) is -36.5. The Hall–Kier alpha value is -1.83. The van der Waals surface area contributed by atoms with Gasteiger partial charge in [0, 0.05) is 10.8 Å². The smallest absolute Gasteiger partial charge is 0.335 e. The monoisotopic (exact) mass is 1240 g/mol. The minimum absolute atomic E-state index is 0.0406. The highest BCUT2D eigenvalue weighted by atomic mass is 16.8. The van der Waals surface area contributed by atoms with Crippen LogP contribution in [0.1, 0.15) is 99.8 Å². The number of carboxylic acids is 1. The van der Waals surface area contributed by atoms with Crippen LogP contribution in [-0.2, 0) is 52.2 Å². The predicted molar refractivity (Wildman–Crippen MR) is 287 cm³/mol. The fourth-order valence-corrected chi connectivity index (χ4v) is 17.6. The van der Waals surface area contributed by atoms with Gasteiger partial charge in [-0.15, -0.1) is 0 Å². The molecule has 0 unspecified atom stereocenters. The van der Waals surface area contributed by atoms with Crippen LogP contribution in [0.3, 0.4) is 0 Å². The number of allylic oxidation sites excluding steroid dienone is 2. The SMILES string of the molecule is CC1(C)C[C@@H]2C3=CC[C@@H]4[C@@]5(C)CC[C@@H](O[C@@H]6O[C@H](C(=O)O)[C@@H](O)[C@H](O)[C@H]6O[C@@H]6O[C@H](CO)[C@H](O)[C@H](O)[C@H]6O[C@@H]6O[C@H](CO)[C@@H](O)[C@H](O)[C@H]6O)[C@](C)(CO)[C@H]5CC[C@@]4(C)[C@]3(C)CC[C@@]2(C)[C@H](O[C@@H]2OC[C@H](O)[C@H](O[C@@H]3OC[C@@H](O)[C@H](O)[C@H]3O)[C@H]2O)[C@@H]1O. The third-order valence-corrected chi connectivity index (χ3v) is 23.2. The molecule has 10 rings (SSSR count). The molecule has 0 aromatic heterocycles.